The largest absolute Gasteiger partial charge is 0.493 e. The van der Waals surface area contributed by atoms with Crippen molar-refractivity contribution in [3.8, 4) is 0 Å². The van der Waals surface area contributed by atoms with Crippen molar-refractivity contribution in [2.45, 2.75) is 78.1 Å². The highest BCUT2D eigenvalue weighted by Crippen LogP contribution is 2.39. The molecule has 1 heterocycles. The number of aliphatic imine (C=N–C) groups is 1. The van der Waals surface area contributed by atoms with Gasteiger partial charge >= 0.3 is 0 Å². The van der Waals surface area contributed by atoms with Crippen LogP contribution in [0.25, 0.3) is 0 Å². The summed E-state index contributed by atoms with van der Waals surface area (Å²) in [5.74, 6) is 1.83. The zero-order valence-corrected chi connectivity index (χ0v) is 22.5. The first-order valence-corrected chi connectivity index (χ1v) is 13.6. The predicted molar refractivity (Wildman–Crippen MR) is 149 cm³/mol. The Hall–Kier alpha value is -2.39. The number of ether oxygens (including phenoxy) is 1. The second-order valence-corrected chi connectivity index (χ2v) is 10.7. The molecule has 1 aliphatic heterocycles. The molecule has 1 fully saturated rings. The van der Waals surface area contributed by atoms with E-state index >= 15 is 0 Å². The fourth-order valence-corrected chi connectivity index (χ4v) is 5.60. The van der Waals surface area contributed by atoms with Gasteiger partial charge in [0.05, 0.1) is 6.61 Å². The van der Waals surface area contributed by atoms with Crippen molar-refractivity contribution in [3.05, 3.63) is 81.7 Å². The van der Waals surface area contributed by atoms with Gasteiger partial charge in [0.1, 0.15) is 5.76 Å². The Morgan fingerprint density at radius 1 is 1.14 bits per heavy atom. The Morgan fingerprint density at radius 2 is 1.94 bits per heavy atom. The topological polar surface area (TPSA) is 24.8 Å². The molecule has 0 atom stereocenters. The molecule has 35 heavy (non-hydrogen) atoms. The molecule has 0 bridgehead atoms. The first-order chi connectivity index (χ1) is 16.9. The zero-order chi connectivity index (χ0) is 24.8. The monoisotopic (exact) mass is 472 g/mol. The Bertz CT molecular complexity index is 1050. The van der Waals surface area contributed by atoms with E-state index in [0.717, 1.165) is 56.1 Å². The Balaban J connectivity index is 1.17. The van der Waals surface area contributed by atoms with Crippen LogP contribution in [0.5, 0.6) is 0 Å². The van der Waals surface area contributed by atoms with Gasteiger partial charge in [0.2, 0.25) is 0 Å². The van der Waals surface area contributed by atoms with Crippen LogP contribution < -0.4 is 0 Å². The van der Waals surface area contributed by atoms with Gasteiger partial charge in [0, 0.05) is 24.8 Å². The van der Waals surface area contributed by atoms with E-state index in [4.69, 9.17) is 4.74 Å². The minimum atomic E-state index is 0.730. The molecule has 0 saturated carbocycles. The van der Waals surface area contributed by atoms with E-state index in [1.807, 2.05) is 7.05 Å². The van der Waals surface area contributed by atoms with Crippen LogP contribution in [0.4, 0.5) is 0 Å². The van der Waals surface area contributed by atoms with Gasteiger partial charge in [-0.05, 0) is 131 Å². The molecule has 4 rings (SSSR count). The maximum Gasteiger partial charge on any atom is 0.122 e. The van der Waals surface area contributed by atoms with E-state index in [2.05, 4.69) is 67.6 Å². The predicted octanol–water partition coefficient (Wildman–Crippen LogP) is 7.62. The van der Waals surface area contributed by atoms with Crippen LogP contribution in [-0.2, 0) is 4.74 Å². The molecule has 1 aromatic rings. The fourth-order valence-electron chi connectivity index (χ4n) is 5.60. The average Bonchev–Trinajstić information content (AvgIpc) is 3.31. The number of likely N-dealkylation sites (tertiary alicyclic amines) is 1. The number of rotatable bonds is 10. The van der Waals surface area contributed by atoms with Gasteiger partial charge in [-0.2, -0.15) is 0 Å². The number of hydrogen-bond donors (Lipinski definition) is 0. The summed E-state index contributed by atoms with van der Waals surface area (Å²) < 4.78 is 6.30. The normalized spacial score (nSPS) is 19.5. The van der Waals surface area contributed by atoms with E-state index in [0.29, 0.717) is 0 Å². The molecule has 0 aromatic heterocycles. The summed E-state index contributed by atoms with van der Waals surface area (Å²) in [5.41, 5.74) is 10.9. The molecule has 0 amide bonds. The van der Waals surface area contributed by atoms with Crippen molar-refractivity contribution < 1.29 is 4.74 Å². The Labute approximate surface area is 213 Å². The van der Waals surface area contributed by atoms with Gasteiger partial charge in [-0.1, -0.05) is 30.4 Å². The highest BCUT2D eigenvalue weighted by molar-refractivity contribution is 5.85. The van der Waals surface area contributed by atoms with Gasteiger partial charge in [-0.15, -0.1) is 0 Å². The van der Waals surface area contributed by atoms with Gasteiger partial charge in [0.25, 0.3) is 0 Å². The summed E-state index contributed by atoms with van der Waals surface area (Å²) >= 11 is 0. The highest BCUT2D eigenvalue weighted by Gasteiger charge is 2.24. The Kier molecular flexibility index (Phi) is 8.83. The lowest BCUT2D eigenvalue weighted by molar-refractivity contribution is 0.184. The van der Waals surface area contributed by atoms with E-state index in [1.54, 1.807) is 0 Å². The van der Waals surface area contributed by atoms with Crippen LogP contribution >= 0.6 is 0 Å². The standard InChI is InChI=1S/C32H44N2O/c1-23-11-12-28(20-24(23)2)27-13-16-34(17-14-27)15-6-7-18-35-32-10-8-9-29-21-30(22-31(29)32)25(3)19-26(4)33-5/h10-12,20,22,27H,3,6-9,13-19,21H2,1-2,4-5H3. The summed E-state index contributed by atoms with van der Waals surface area (Å²) in [6, 6.07) is 7.05. The van der Waals surface area contributed by atoms with E-state index in [9.17, 15) is 0 Å². The van der Waals surface area contributed by atoms with Crippen molar-refractivity contribution in [1.29, 1.82) is 0 Å². The van der Waals surface area contributed by atoms with E-state index in [1.165, 1.54) is 77.9 Å². The minimum Gasteiger partial charge on any atom is -0.493 e. The number of benzene rings is 1. The second-order valence-electron chi connectivity index (χ2n) is 10.7. The van der Waals surface area contributed by atoms with Crippen molar-refractivity contribution in [3.63, 3.8) is 0 Å². The van der Waals surface area contributed by atoms with Gasteiger partial charge in [-0.3, -0.25) is 4.99 Å². The summed E-state index contributed by atoms with van der Waals surface area (Å²) in [5, 5.41) is 0. The van der Waals surface area contributed by atoms with Crippen LogP contribution in [0.2, 0.25) is 0 Å². The van der Waals surface area contributed by atoms with Crippen LogP contribution in [0, 0.1) is 13.8 Å². The summed E-state index contributed by atoms with van der Waals surface area (Å²) in [7, 11) is 1.86. The van der Waals surface area contributed by atoms with Gasteiger partial charge in [-0.25, -0.2) is 0 Å². The number of hydrogen-bond acceptors (Lipinski definition) is 3. The molecule has 0 unspecified atom stereocenters. The quantitative estimate of drug-likeness (QED) is 0.258. The third-order valence-electron chi connectivity index (χ3n) is 8.17. The number of unbranched alkanes of at least 4 members (excludes halogenated alkanes) is 1. The molecular weight excluding hydrogens is 428 g/mol. The molecule has 2 aliphatic carbocycles. The fraction of sp³-hybridized carbons (Fsp3) is 0.531. The van der Waals surface area contributed by atoms with Crippen molar-refractivity contribution in [2.75, 3.05) is 33.3 Å². The molecule has 3 aliphatic rings. The lowest BCUT2D eigenvalue weighted by Crippen LogP contribution is -2.33. The lowest BCUT2D eigenvalue weighted by Gasteiger charge is -2.32. The van der Waals surface area contributed by atoms with Crippen LogP contribution in [0.3, 0.4) is 0 Å². The number of piperidine rings is 1. The molecule has 188 valence electrons. The molecule has 3 nitrogen and oxygen atoms in total. The maximum atomic E-state index is 6.30. The lowest BCUT2D eigenvalue weighted by atomic mass is 9.88. The first-order valence-electron chi connectivity index (χ1n) is 13.6. The van der Waals surface area contributed by atoms with Crippen LogP contribution in [0.15, 0.2) is 70.0 Å². The number of nitrogens with zero attached hydrogens (tertiary/aromatic N) is 2. The molecule has 3 heteroatoms. The number of allylic oxidation sites excluding steroid dienone is 5. The van der Waals surface area contributed by atoms with Crippen molar-refractivity contribution >= 4 is 5.71 Å². The Morgan fingerprint density at radius 3 is 2.69 bits per heavy atom. The van der Waals surface area contributed by atoms with Crippen LogP contribution in [0.1, 0.15) is 80.9 Å². The van der Waals surface area contributed by atoms with E-state index < -0.39 is 0 Å². The first kappa shape index (κ1) is 25.7. The van der Waals surface area contributed by atoms with Crippen molar-refractivity contribution in [1.82, 2.24) is 4.90 Å². The molecule has 0 radical (unpaired) electrons. The number of aryl methyl sites for hydroxylation is 2. The van der Waals surface area contributed by atoms with E-state index in [-0.39, 0.29) is 0 Å². The smallest absolute Gasteiger partial charge is 0.122 e. The second kappa shape index (κ2) is 12.0. The summed E-state index contributed by atoms with van der Waals surface area (Å²) in [6.07, 6.45) is 13.6. The minimum absolute atomic E-state index is 0.730. The SMILES string of the molecule is C=C(CC(C)=NC)C1=CC2=C(CCC=C2OCCCCN2CCC(c3ccc(C)c(C)c3)CC2)C1. The van der Waals surface area contributed by atoms with Gasteiger partial charge in [0.15, 0.2) is 0 Å². The van der Waals surface area contributed by atoms with Crippen molar-refractivity contribution in [2.24, 2.45) is 4.99 Å². The molecule has 0 N–H and O–H groups in total. The zero-order valence-electron chi connectivity index (χ0n) is 22.5. The molecule has 0 spiro atoms. The third kappa shape index (κ3) is 6.64. The molecular formula is C32H44N2O. The summed E-state index contributed by atoms with van der Waals surface area (Å²) in [4.78, 5) is 6.95. The third-order valence-corrected chi connectivity index (χ3v) is 8.17. The highest BCUT2D eigenvalue weighted by atomic mass is 16.5. The van der Waals surface area contributed by atoms with Crippen LogP contribution in [-0.4, -0.2) is 43.9 Å². The average molecular weight is 473 g/mol. The van der Waals surface area contributed by atoms with Gasteiger partial charge < -0.3 is 9.64 Å². The molecule has 1 saturated heterocycles. The maximum absolute atomic E-state index is 6.30. The summed E-state index contributed by atoms with van der Waals surface area (Å²) in [6.45, 7) is 15.3. The molecule has 1 aromatic carbocycles.